The van der Waals surface area contributed by atoms with Crippen LogP contribution in [-0.2, 0) is 0 Å². The summed E-state index contributed by atoms with van der Waals surface area (Å²) in [6.45, 7) is 2.19. The summed E-state index contributed by atoms with van der Waals surface area (Å²) in [4.78, 5) is 0. The molecular weight excluding hydrogens is 252 g/mol. The Kier molecular flexibility index (Phi) is 5.64. The number of hydrogen-bond donors (Lipinski definition) is 2. The zero-order valence-corrected chi connectivity index (χ0v) is 12.5. The first kappa shape index (κ1) is 14.3. The molecule has 0 radical (unpaired) electrons. The number of rotatable bonds is 4. The van der Waals surface area contributed by atoms with Crippen molar-refractivity contribution in [3.05, 3.63) is 35.9 Å². The smallest absolute Gasteiger partial charge is 0.166 e. The van der Waals surface area contributed by atoms with E-state index in [2.05, 4.69) is 47.9 Å². The quantitative estimate of drug-likeness (QED) is 0.815. The van der Waals surface area contributed by atoms with Crippen molar-refractivity contribution in [1.29, 1.82) is 0 Å². The molecule has 19 heavy (non-hydrogen) atoms. The van der Waals surface area contributed by atoms with Crippen LogP contribution in [0.3, 0.4) is 0 Å². The maximum absolute atomic E-state index is 5.46. The van der Waals surface area contributed by atoms with E-state index in [1.807, 2.05) is 0 Å². The first-order valence-electron chi connectivity index (χ1n) is 7.41. The van der Waals surface area contributed by atoms with Crippen LogP contribution in [0.1, 0.15) is 57.1 Å². The fourth-order valence-corrected chi connectivity index (χ4v) is 3.05. The van der Waals surface area contributed by atoms with E-state index in [-0.39, 0.29) is 0 Å². The van der Waals surface area contributed by atoms with Gasteiger partial charge in [0.15, 0.2) is 5.11 Å². The highest BCUT2D eigenvalue weighted by Gasteiger charge is 2.16. The highest BCUT2D eigenvalue weighted by Crippen LogP contribution is 2.18. The molecule has 1 aromatic rings. The first-order valence-corrected chi connectivity index (χ1v) is 7.82. The number of nitrogens with one attached hydrogen (secondary N) is 2. The van der Waals surface area contributed by atoms with Gasteiger partial charge in [0.1, 0.15) is 0 Å². The Bertz CT molecular complexity index is 385. The van der Waals surface area contributed by atoms with E-state index in [4.69, 9.17) is 12.2 Å². The van der Waals surface area contributed by atoms with E-state index in [1.54, 1.807) is 0 Å². The topological polar surface area (TPSA) is 24.1 Å². The van der Waals surface area contributed by atoms with Crippen LogP contribution in [0.15, 0.2) is 30.3 Å². The molecule has 0 amide bonds. The lowest BCUT2D eigenvalue weighted by atomic mass is 9.96. The third-order valence-electron chi connectivity index (χ3n) is 3.86. The number of benzene rings is 1. The summed E-state index contributed by atoms with van der Waals surface area (Å²) in [7, 11) is 0. The van der Waals surface area contributed by atoms with E-state index in [9.17, 15) is 0 Å². The lowest BCUT2D eigenvalue weighted by molar-refractivity contribution is 0.410. The van der Waals surface area contributed by atoms with Crippen LogP contribution in [0.5, 0.6) is 0 Å². The maximum Gasteiger partial charge on any atom is 0.166 e. The van der Waals surface area contributed by atoms with Crippen LogP contribution in [-0.4, -0.2) is 11.2 Å². The second-order valence-corrected chi connectivity index (χ2v) is 5.73. The molecule has 0 aliphatic heterocycles. The van der Waals surface area contributed by atoms with Crippen molar-refractivity contribution in [2.45, 2.75) is 57.5 Å². The van der Waals surface area contributed by atoms with E-state index in [0.29, 0.717) is 12.1 Å². The van der Waals surface area contributed by atoms with Crippen LogP contribution < -0.4 is 10.6 Å². The average Bonchev–Trinajstić information content (AvgIpc) is 2.47. The fourth-order valence-electron chi connectivity index (χ4n) is 2.74. The molecule has 1 aliphatic rings. The molecule has 2 nitrogen and oxygen atoms in total. The minimum Gasteiger partial charge on any atom is -0.360 e. The predicted octanol–water partition coefficient (Wildman–Crippen LogP) is 3.93. The molecule has 3 heteroatoms. The van der Waals surface area contributed by atoms with Gasteiger partial charge in [0.05, 0.1) is 6.04 Å². The molecule has 2 N–H and O–H groups in total. The molecule has 0 bridgehead atoms. The SMILES string of the molecule is CC[C@@H](NC(=S)NC1CCCCC1)c1ccccc1. The van der Waals surface area contributed by atoms with Crippen LogP contribution in [0, 0.1) is 0 Å². The molecule has 0 unspecified atom stereocenters. The van der Waals surface area contributed by atoms with Gasteiger partial charge < -0.3 is 10.6 Å². The van der Waals surface area contributed by atoms with Crippen LogP contribution in [0.2, 0.25) is 0 Å². The Morgan fingerprint density at radius 1 is 1.21 bits per heavy atom. The predicted molar refractivity (Wildman–Crippen MR) is 85.2 cm³/mol. The zero-order chi connectivity index (χ0) is 13.5. The third kappa shape index (κ3) is 4.50. The van der Waals surface area contributed by atoms with Gasteiger partial charge in [-0.05, 0) is 37.0 Å². The standard InChI is InChI=1S/C16H24N2S/c1-2-15(13-9-5-3-6-10-13)18-16(19)17-14-11-7-4-8-12-14/h3,5-6,9-10,14-15H,2,4,7-8,11-12H2,1H3,(H2,17,18,19)/t15-/m1/s1. The highest BCUT2D eigenvalue weighted by molar-refractivity contribution is 7.80. The van der Waals surface area contributed by atoms with Gasteiger partial charge in [-0.15, -0.1) is 0 Å². The summed E-state index contributed by atoms with van der Waals surface area (Å²) in [5.41, 5.74) is 1.30. The highest BCUT2D eigenvalue weighted by atomic mass is 32.1. The molecule has 2 rings (SSSR count). The fraction of sp³-hybridized carbons (Fsp3) is 0.562. The minimum absolute atomic E-state index is 0.310. The third-order valence-corrected chi connectivity index (χ3v) is 4.09. The van der Waals surface area contributed by atoms with Crippen molar-refractivity contribution in [1.82, 2.24) is 10.6 Å². The van der Waals surface area contributed by atoms with Crippen molar-refractivity contribution < 1.29 is 0 Å². The van der Waals surface area contributed by atoms with E-state index in [0.717, 1.165) is 11.5 Å². The molecule has 1 saturated carbocycles. The molecule has 0 spiro atoms. The summed E-state index contributed by atoms with van der Waals surface area (Å²) < 4.78 is 0. The van der Waals surface area contributed by atoms with E-state index < -0.39 is 0 Å². The summed E-state index contributed by atoms with van der Waals surface area (Å²) in [5, 5.41) is 7.73. The summed E-state index contributed by atoms with van der Waals surface area (Å²) >= 11 is 5.46. The maximum atomic E-state index is 5.46. The van der Waals surface area contributed by atoms with Gasteiger partial charge in [-0.2, -0.15) is 0 Å². The molecule has 1 aliphatic carbocycles. The Balaban J connectivity index is 1.85. The van der Waals surface area contributed by atoms with Crippen molar-refractivity contribution in [2.24, 2.45) is 0 Å². The first-order chi connectivity index (χ1) is 9.29. The Hall–Kier alpha value is -1.09. The number of hydrogen-bond acceptors (Lipinski definition) is 1. The molecule has 104 valence electrons. The van der Waals surface area contributed by atoms with Gasteiger partial charge in [-0.3, -0.25) is 0 Å². The second-order valence-electron chi connectivity index (χ2n) is 5.32. The number of thiocarbonyl (C=S) groups is 1. The lowest BCUT2D eigenvalue weighted by Crippen LogP contribution is -2.43. The van der Waals surface area contributed by atoms with Gasteiger partial charge >= 0.3 is 0 Å². The summed E-state index contributed by atoms with van der Waals surface area (Å²) in [6, 6.07) is 11.4. The van der Waals surface area contributed by atoms with Crippen LogP contribution in [0.4, 0.5) is 0 Å². The molecule has 1 atom stereocenters. The molecular formula is C16H24N2S. The van der Waals surface area contributed by atoms with Gasteiger partial charge in [-0.25, -0.2) is 0 Å². The van der Waals surface area contributed by atoms with Crippen molar-refractivity contribution >= 4 is 17.3 Å². The van der Waals surface area contributed by atoms with E-state index in [1.165, 1.54) is 37.7 Å². The van der Waals surface area contributed by atoms with Gasteiger partial charge in [0.2, 0.25) is 0 Å². The molecule has 0 heterocycles. The summed E-state index contributed by atoms with van der Waals surface area (Å²) in [5.74, 6) is 0. The van der Waals surface area contributed by atoms with Crippen molar-refractivity contribution in [2.75, 3.05) is 0 Å². The van der Waals surface area contributed by atoms with Gasteiger partial charge in [0.25, 0.3) is 0 Å². The minimum atomic E-state index is 0.310. The molecule has 0 saturated heterocycles. The summed E-state index contributed by atoms with van der Waals surface area (Å²) in [6.07, 6.45) is 7.58. The largest absolute Gasteiger partial charge is 0.360 e. The van der Waals surface area contributed by atoms with Crippen molar-refractivity contribution in [3.63, 3.8) is 0 Å². The Morgan fingerprint density at radius 2 is 1.89 bits per heavy atom. The zero-order valence-electron chi connectivity index (χ0n) is 11.7. The van der Waals surface area contributed by atoms with Crippen LogP contribution >= 0.6 is 12.2 Å². The van der Waals surface area contributed by atoms with Gasteiger partial charge in [-0.1, -0.05) is 56.5 Å². The average molecular weight is 276 g/mol. The van der Waals surface area contributed by atoms with E-state index >= 15 is 0 Å². The lowest BCUT2D eigenvalue weighted by Gasteiger charge is -2.26. The van der Waals surface area contributed by atoms with Gasteiger partial charge in [0, 0.05) is 6.04 Å². The monoisotopic (exact) mass is 276 g/mol. The normalized spacial score (nSPS) is 17.7. The molecule has 0 aromatic heterocycles. The second kappa shape index (κ2) is 7.49. The Morgan fingerprint density at radius 3 is 2.53 bits per heavy atom. The molecule has 1 fully saturated rings. The Labute approximate surface area is 122 Å². The van der Waals surface area contributed by atoms with Crippen LogP contribution in [0.25, 0.3) is 0 Å². The molecule has 1 aromatic carbocycles. The van der Waals surface area contributed by atoms with Crippen molar-refractivity contribution in [3.8, 4) is 0 Å².